The fourth-order valence-electron chi connectivity index (χ4n) is 3.80. The van der Waals surface area contributed by atoms with E-state index in [4.69, 9.17) is 21.3 Å². The van der Waals surface area contributed by atoms with Crippen molar-refractivity contribution in [3.63, 3.8) is 0 Å². The third-order valence-electron chi connectivity index (χ3n) is 5.05. The minimum atomic E-state index is 0.0233. The summed E-state index contributed by atoms with van der Waals surface area (Å²) in [7, 11) is 0. The van der Waals surface area contributed by atoms with Gasteiger partial charge in [0.2, 0.25) is 5.91 Å². The number of rotatable bonds is 5. The highest BCUT2D eigenvalue weighted by atomic mass is 35.5. The number of hydrogen-bond donors (Lipinski definition) is 0. The minimum absolute atomic E-state index is 0.0233. The average molecular weight is 384 g/mol. The Labute approximate surface area is 163 Å². The van der Waals surface area contributed by atoms with Crippen LogP contribution in [0, 0.1) is 0 Å². The molecule has 1 atom stereocenters. The third kappa shape index (κ3) is 3.52. The first-order valence-corrected chi connectivity index (χ1v) is 9.62. The molecule has 1 amide bonds. The Morgan fingerprint density at radius 3 is 2.81 bits per heavy atom. The molecule has 140 valence electrons. The van der Waals surface area contributed by atoms with E-state index in [9.17, 15) is 4.79 Å². The van der Waals surface area contributed by atoms with Gasteiger partial charge in [0.15, 0.2) is 0 Å². The lowest BCUT2D eigenvalue weighted by atomic mass is 10.2. The zero-order valence-electron chi connectivity index (χ0n) is 15.3. The van der Waals surface area contributed by atoms with Crippen LogP contribution in [0.2, 0.25) is 5.02 Å². The smallest absolute Gasteiger partial charge is 0.220 e. The summed E-state index contributed by atoms with van der Waals surface area (Å²) >= 11 is 6.18. The van der Waals surface area contributed by atoms with Crippen LogP contribution >= 0.6 is 11.6 Å². The third-order valence-corrected chi connectivity index (χ3v) is 5.36. The zero-order valence-corrected chi connectivity index (χ0v) is 16.0. The maximum atomic E-state index is 12.0. The molecule has 4 rings (SSSR count). The van der Waals surface area contributed by atoms with Crippen molar-refractivity contribution in [3.8, 4) is 5.75 Å². The summed E-state index contributed by atoms with van der Waals surface area (Å²) in [5.74, 6) is 1.71. The van der Waals surface area contributed by atoms with E-state index < -0.39 is 0 Å². The number of carbonyl (C=O) groups is 1. The van der Waals surface area contributed by atoms with Gasteiger partial charge in [-0.1, -0.05) is 35.9 Å². The Bertz CT molecular complexity index is 969. The fraction of sp³-hybridized carbons (Fsp3) is 0.333. The van der Waals surface area contributed by atoms with Crippen molar-refractivity contribution >= 4 is 28.5 Å². The molecular formula is C21H22ClN3O2. The van der Waals surface area contributed by atoms with Crippen molar-refractivity contribution in [3.05, 3.63) is 59.4 Å². The molecule has 6 heteroatoms. The Kier molecular flexibility index (Phi) is 5.03. The van der Waals surface area contributed by atoms with E-state index in [1.807, 2.05) is 47.4 Å². The first-order valence-electron chi connectivity index (χ1n) is 9.25. The monoisotopic (exact) mass is 383 g/mol. The molecule has 0 N–H and O–H groups in total. The number of hydrogen-bond acceptors (Lipinski definition) is 3. The maximum Gasteiger partial charge on any atom is 0.220 e. The molecule has 1 fully saturated rings. The second-order valence-corrected chi connectivity index (χ2v) is 7.17. The van der Waals surface area contributed by atoms with Gasteiger partial charge in [-0.25, -0.2) is 4.98 Å². The molecule has 0 spiro atoms. The molecule has 27 heavy (non-hydrogen) atoms. The van der Waals surface area contributed by atoms with Gasteiger partial charge in [0.25, 0.3) is 0 Å². The topological polar surface area (TPSA) is 47.4 Å². The van der Waals surface area contributed by atoms with Crippen LogP contribution in [-0.4, -0.2) is 33.5 Å². The van der Waals surface area contributed by atoms with Gasteiger partial charge in [-0.05, 0) is 37.1 Å². The number of ether oxygens (including phenoxy) is 1. The highest BCUT2D eigenvalue weighted by Gasteiger charge is 2.32. The number of carbonyl (C=O) groups excluding carboxylic acids is 1. The van der Waals surface area contributed by atoms with Crippen molar-refractivity contribution in [1.82, 2.24) is 14.5 Å². The maximum absolute atomic E-state index is 12.0. The summed E-state index contributed by atoms with van der Waals surface area (Å²) in [6, 6.07) is 15.6. The van der Waals surface area contributed by atoms with E-state index >= 15 is 0 Å². The Balaban J connectivity index is 1.62. The number of amides is 1. The predicted molar refractivity (Wildman–Crippen MR) is 106 cm³/mol. The highest BCUT2D eigenvalue weighted by Crippen LogP contribution is 2.33. The summed E-state index contributed by atoms with van der Waals surface area (Å²) in [5.41, 5.74) is 2.01. The standard InChI is InChI=1S/C21H22ClN3O2/c1-15(26)24-12-6-10-19(24)21-23-17-8-3-4-9-18(17)25(21)13-14-27-20-11-5-2-7-16(20)22/h2-5,7-9,11,19H,6,10,12-14H2,1H3/t19-/m0/s1. The normalized spacial score (nSPS) is 16.8. The second kappa shape index (κ2) is 7.61. The number of imidazole rings is 1. The van der Waals surface area contributed by atoms with E-state index in [0.717, 1.165) is 36.2 Å². The molecule has 1 aromatic heterocycles. The molecule has 0 saturated carbocycles. The van der Waals surface area contributed by atoms with Crippen molar-refractivity contribution < 1.29 is 9.53 Å². The molecule has 3 aromatic rings. The first-order chi connectivity index (χ1) is 13.1. The summed E-state index contributed by atoms with van der Waals surface area (Å²) in [6.07, 6.45) is 1.94. The SMILES string of the molecule is CC(=O)N1CCC[C@H]1c1nc2ccccc2n1CCOc1ccccc1Cl. The molecule has 5 nitrogen and oxygen atoms in total. The van der Waals surface area contributed by atoms with Gasteiger partial charge in [0, 0.05) is 13.5 Å². The first kappa shape index (κ1) is 17.9. The van der Waals surface area contributed by atoms with Gasteiger partial charge in [-0.2, -0.15) is 0 Å². The van der Waals surface area contributed by atoms with Crippen LogP contribution in [-0.2, 0) is 11.3 Å². The number of likely N-dealkylation sites (tertiary alicyclic amines) is 1. The molecule has 2 aromatic carbocycles. The van der Waals surface area contributed by atoms with Crippen LogP contribution in [0.5, 0.6) is 5.75 Å². The quantitative estimate of drug-likeness (QED) is 0.653. The van der Waals surface area contributed by atoms with Crippen LogP contribution < -0.4 is 4.74 Å². The van der Waals surface area contributed by atoms with Crippen molar-refractivity contribution in [2.45, 2.75) is 32.4 Å². The fourth-order valence-corrected chi connectivity index (χ4v) is 3.99. The van der Waals surface area contributed by atoms with Crippen LogP contribution in [0.3, 0.4) is 0 Å². The van der Waals surface area contributed by atoms with Gasteiger partial charge >= 0.3 is 0 Å². The van der Waals surface area contributed by atoms with Gasteiger partial charge in [-0.3, -0.25) is 4.79 Å². The average Bonchev–Trinajstić information content (AvgIpc) is 3.28. The summed E-state index contributed by atoms with van der Waals surface area (Å²) in [4.78, 5) is 18.8. The molecule has 0 radical (unpaired) electrons. The number of halogens is 1. The van der Waals surface area contributed by atoms with Crippen LogP contribution in [0.15, 0.2) is 48.5 Å². The molecule has 0 aliphatic carbocycles. The van der Waals surface area contributed by atoms with Gasteiger partial charge in [0.1, 0.15) is 18.2 Å². The van der Waals surface area contributed by atoms with Crippen molar-refractivity contribution in [2.75, 3.05) is 13.2 Å². The molecule has 2 heterocycles. The van der Waals surface area contributed by atoms with E-state index in [0.29, 0.717) is 23.9 Å². The summed E-state index contributed by atoms with van der Waals surface area (Å²) in [5, 5.41) is 0.603. The summed E-state index contributed by atoms with van der Waals surface area (Å²) in [6.45, 7) is 3.54. The molecular weight excluding hydrogens is 362 g/mol. The number of fused-ring (bicyclic) bond motifs is 1. The van der Waals surface area contributed by atoms with E-state index in [2.05, 4.69) is 10.6 Å². The molecule has 1 aliphatic rings. The van der Waals surface area contributed by atoms with Gasteiger partial charge in [-0.15, -0.1) is 0 Å². The molecule has 0 bridgehead atoms. The van der Waals surface area contributed by atoms with Crippen LogP contribution in [0.4, 0.5) is 0 Å². The van der Waals surface area contributed by atoms with E-state index in [1.54, 1.807) is 6.92 Å². The van der Waals surface area contributed by atoms with Gasteiger partial charge < -0.3 is 14.2 Å². The zero-order chi connectivity index (χ0) is 18.8. The van der Waals surface area contributed by atoms with Crippen molar-refractivity contribution in [1.29, 1.82) is 0 Å². The number of nitrogens with zero attached hydrogens (tertiary/aromatic N) is 3. The van der Waals surface area contributed by atoms with Crippen LogP contribution in [0.1, 0.15) is 31.6 Å². The Morgan fingerprint density at radius 2 is 2.00 bits per heavy atom. The lowest BCUT2D eigenvalue weighted by Gasteiger charge is -2.24. The van der Waals surface area contributed by atoms with Crippen LogP contribution in [0.25, 0.3) is 11.0 Å². The minimum Gasteiger partial charge on any atom is -0.490 e. The predicted octanol–water partition coefficient (Wildman–Crippen LogP) is 4.45. The summed E-state index contributed by atoms with van der Waals surface area (Å²) < 4.78 is 8.07. The molecule has 0 unspecified atom stereocenters. The number of para-hydroxylation sites is 3. The molecule has 1 saturated heterocycles. The number of aromatic nitrogens is 2. The Hall–Kier alpha value is -2.53. The Morgan fingerprint density at radius 1 is 1.22 bits per heavy atom. The van der Waals surface area contributed by atoms with Crippen molar-refractivity contribution in [2.24, 2.45) is 0 Å². The van der Waals surface area contributed by atoms with Gasteiger partial charge in [0.05, 0.1) is 28.6 Å². The highest BCUT2D eigenvalue weighted by molar-refractivity contribution is 6.32. The van der Waals surface area contributed by atoms with E-state index in [1.165, 1.54) is 0 Å². The lowest BCUT2D eigenvalue weighted by Crippen LogP contribution is -2.30. The molecule has 1 aliphatic heterocycles. The number of benzene rings is 2. The second-order valence-electron chi connectivity index (χ2n) is 6.76. The lowest BCUT2D eigenvalue weighted by molar-refractivity contribution is -0.129. The van der Waals surface area contributed by atoms with E-state index in [-0.39, 0.29) is 11.9 Å². The largest absolute Gasteiger partial charge is 0.490 e.